The summed E-state index contributed by atoms with van der Waals surface area (Å²) >= 11 is 0. The van der Waals surface area contributed by atoms with E-state index in [-0.39, 0.29) is 5.92 Å². The number of unbranched alkanes of at least 4 members (excludes halogenated alkanes) is 1. The molecule has 0 bridgehead atoms. The van der Waals surface area contributed by atoms with Gasteiger partial charge in [0.2, 0.25) is 0 Å². The highest BCUT2D eigenvalue weighted by molar-refractivity contribution is 5.57. The lowest BCUT2D eigenvalue weighted by molar-refractivity contribution is 0.792. The third-order valence-electron chi connectivity index (χ3n) is 5.05. The summed E-state index contributed by atoms with van der Waals surface area (Å²) in [7, 11) is 0. The Morgan fingerprint density at radius 3 is 2.54 bits per heavy atom. The van der Waals surface area contributed by atoms with Crippen molar-refractivity contribution in [3.8, 4) is 0 Å². The minimum Gasteiger partial charge on any atom is -0.265 e. The molecule has 1 unspecified atom stereocenters. The first-order valence-electron chi connectivity index (χ1n) is 9.96. The number of aliphatic imine (C=N–C) groups is 1. The van der Waals surface area contributed by atoms with Gasteiger partial charge in [-0.2, -0.15) is 0 Å². The number of rotatable bonds is 8. The fraction of sp³-hybridized carbons (Fsp3) is 0.400. The molecular weight excluding hydrogens is 314 g/mol. The topological polar surface area (TPSA) is 12.4 Å². The van der Waals surface area contributed by atoms with Crippen LogP contribution in [-0.4, -0.2) is 6.21 Å². The van der Waals surface area contributed by atoms with Gasteiger partial charge in [-0.05, 0) is 67.9 Å². The van der Waals surface area contributed by atoms with Crippen molar-refractivity contribution in [3.05, 3.63) is 82.1 Å². The van der Waals surface area contributed by atoms with E-state index in [1.165, 1.54) is 40.7 Å². The van der Waals surface area contributed by atoms with Gasteiger partial charge < -0.3 is 0 Å². The second-order valence-electron chi connectivity index (χ2n) is 7.00. The molecule has 0 N–H and O–H groups in total. The third kappa shape index (κ3) is 4.94. The van der Waals surface area contributed by atoms with E-state index in [1.54, 1.807) is 0 Å². The Bertz CT molecular complexity index is 767. The Balaban J connectivity index is 2.61. The van der Waals surface area contributed by atoms with E-state index in [0.717, 1.165) is 18.5 Å². The lowest BCUT2D eigenvalue weighted by Gasteiger charge is -2.23. The quantitative estimate of drug-likeness (QED) is 0.449. The molecule has 1 heteroatoms. The van der Waals surface area contributed by atoms with E-state index in [2.05, 4.69) is 76.2 Å². The largest absolute Gasteiger partial charge is 0.265 e. The van der Waals surface area contributed by atoms with Crippen molar-refractivity contribution in [2.45, 2.75) is 66.2 Å². The van der Waals surface area contributed by atoms with E-state index >= 15 is 0 Å². The van der Waals surface area contributed by atoms with Gasteiger partial charge >= 0.3 is 0 Å². The summed E-state index contributed by atoms with van der Waals surface area (Å²) in [6, 6.07) is 15.7. The molecule has 0 radical (unpaired) electrons. The molecule has 0 aliphatic heterocycles. The van der Waals surface area contributed by atoms with E-state index in [9.17, 15) is 0 Å². The van der Waals surface area contributed by atoms with Crippen LogP contribution in [0.5, 0.6) is 0 Å². The van der Waals surface area contributed by atoms with Crippen molar-refractivity contribution in [3.63, 3.8) is 0 Å². The number of nitrogens with zero attached hydrogens (tertiary/aromatic N) is 1. The molecule has 0 saturated carbocycles. The standard InChI is InChI=1S/C25H33N/c1-6-9-14-21-15-11-16-22(18-21)25(24(12-7-2)26-8-3)23-17-10-13-19(4)20(23)5/h8,10-13,15-18,25H,6-7,9,14H2,1-5H3/b24-12-,26-8?. The number of hydrogen-bond donors (Lipinski definition) is 0. The summed E-state index contributed by atoms with van der Waals surface area (Å²) in [4.78, 5) is 4.77. The highest BCUT2D eigenvalue weighted by Crippen LogP contribution is 2.36. The Kier molecular flexibility index (Phi) is 7.84. The number of benzene rings is 2. The van der Waals surface area contributed by atoms with Gasteiger partial charge in [-0.3, -0.25) is 4.99 Å². The monoisotopic (exact) mass is 347 g/mol. The van der Waals surface area contributed by atoms with E-state index in [4.69, 9.17) is 4.99 Å². The average Bonchev–Trinajstić information content (AvgIpc) is 2.64. The second kappa shape index (κ2) is 10.1. The maximum atomic E-state index is 4.77. The third-order valence-corrected chi connectivity index (χ3v) is 5.05. The van der Waals surface area contributed by atoms with Crippen LogP contribution in [0.2, 0.25) is 0 Å². The average molecular weight is 348 g/mol. The van der Waals surface area contributed by atoms with Gasteiger partial charge in [0.15, 0.2) is 0 Å². The Morgan fingerprint density at radius 1 is 1.08 bits per heavy atom. The van der Waals surface area contributed by atoms with Gasteiger partial charge in [-0.25, -0.2) is 0 Å². The van der Waals surface area contributed by atoms with Crippen molar-refractivity contribution in [2.24, 2.45) is 4.99 Å². The summed E-state index contributed by atoms with van der Waals surface area (Å²) < 4.78 is 0. The molecule has 2 aromatic carbocycles. The highest BCUT2D eigenvalue weighted by Gasteiger charge is 2.21. The molecule has 2 rings (SSSR count). The Labute approximate surface area is 159 Å². The highest BCUT2D eigenvalue weighted by atomic mass is 14.7. The smallest absolute Gasteiger partial charge is 0.0512 e. The van der Waals surface area contributed by atoms with Gasteiger partial charge in [0.1, 0.15) is 0 Å². The first-order chi connectivity index (χ1) is 12.6. The SMILES string of the molecule is CC=N/C(=C\CC)C(c1cccc(CCCC)c1)c1cccc(C)c1C. The van der Waals surface area contributed by atoms with Gasteiger partial charge in [-0.15, -0.1) is 0 Å². The number of hydrogen-bond acceptors (Lipinski definition) is 1. The predicted molar refractivity (Wildman–Crippen MR) is 115 cm³/mol. The Hall–Kier alpha value is -2.15. The second-order valence-corrected chi connectivity index (χ2v) is 7.00. The molecule has 0 fully saturated rings. The summed E-state index contributed by atoms with van der Waals surface area (Å²) in [5.74, 6) is 0.188. The van der Waals surface area contributed by atoms with E-state index < -0.39 is 0 Å². The van der Waals surface area contributed by atoms with Crippen molar-refractivity contribution in [2.75, 3.05) is 0 Å². The molecule has 1 atom stereocenters. The lowest BCUT2D eigenvalue weighted by Crippen LogP contribution is -2.07. The van der Waals surface area contributed by atoms with Crippen LogP contribution in [0.1, 0.15) is 73.8 Å². The van der Waals surface area contributed by atoms with Gasteiger partial charge in [-0.1, -0.05) is 68.8 Å². The molecule has 0 amide bonds. The molecule has 1 nitrogen and oxygen atoms in total. The molecule has 26 heavy (non-hydrogen) atoms. The van der Waals surface area contributed by atoms with Crippen LogP contribution in [0.4, 0.5) is 0 Å². The van der Waals surface area contributed by atoms with E-state index in [0.29, 0.717) is 0 Å². The zero-order chi connectivity index (χ0) is 18.9. The Morgan fingerprint density at radius 2 is 1.85 bits per heavy atom. The molecule has 0 aliphatic rings. The predicted octanol–water partition coefficient (Wildman–Crippen LogP) is 7.16. The van der Waals surface area contributed by atoms with Crippen LogP contribution in [0.25, 0.3) is 0 Å². The van der Waals surface area contributed by atoms with Crippen LogP contribution < -0.4 is 0 Å². The summed E-state index contributed by atoms with van der Waals surface area (Å²) in [5, 5.41) is 0. The summed E-state index contributed by atoms with van der Waals surface area (Å²) in [5.41, 5.74) is 7.99. The number of allylic oxidation sites excluding steroid dienone is 2. The molecule has 0 saturated heterocycles. The fourth-order valence-electron chi connectivity index (χ4n) is 3.51. The normalized spacial score (nSPS) is 13.3. The molecule has 0 heterocycles. The minimum absolute atomic E-state index is 0.188. The zero-order valence-electron chi connectivity index (χ0n) is 17.0. The maximum Gasteiger partial charge on any atom is 0.0512 e. The molecule has 2 aromatic rings. The first-order valence-corrected chi connectivity index (χ1v) is 9.96. The van der Waals surface area contributed by atoms with Gasteiger partial charge in [0.05, 0.1) is 5.92 Å². The summed E-state index contributed by atoms with van der Waals surface area (Å²) in [6.07, 6.45) is 8.79. The van der Waals surface area contributed by atoms with Gasteiger partial charge in [0.25, 0.3) is 0 Å². The van der Waals surface area contributed by atoms with Crippen molar-refractivity contribution in [1.82, 2.24) is 0 Å². The van der Waals surface area contributed by atoms with Crippen LogP contribution in [0.3, 0.4) is 0 Å². The van der Waals surface area contributed by atoms with Crippen LogP contribution in [-0.2, 0) is 6.42 Å². The molecule has 0 spiro atoms. The lowest BCUT2D eigenvalue weighted by atomic mass is 9.83. The van der Waals surface area contributed by atoms with Crippen molar-refractivity contribution in [1.29, 1.82) is 0 Å². The maximum absolute atomic E-state index is 4.77. The molecule has 138 valence electrons. The fourth-order valence-corrected chi connectivity index (χ4v) is 3.51. The van der Waals surface area contributed by atoms with Crippen LogP contribution in [0, 0.1) is 13.8 Å². The van der Waals surface area contributed by atoms with Crippen LogP contribution in [0.15, 0.2) is 59.2 Å². The van der Waals surface area contributed by atoms with Crippen LogP contribution >= 0.6 is 0 Å². The molecular formula is C25H33N. The van der Waals surface area contributed by atoms with E-state index in [1.807, 2.05) is 13.1 Å². The van der Waals surface area contributed by atoms with Gasteiger partial charge in [0, 0.05) is 11.9 Å². The summed E-state index contributed by atoms with van der Waals surface area (Å²) in [6.45, 7) is 10.9. The molecule has 0 aliphatic carbocycles. The van der Waals surface area contributed by atoms with Crippen molar-refractivity contribution >= 4 is 6.21 Å². The molecule has 0 aromatic heterocycles. The zero-order valence-corrected chi connectivity index (χ0v) is 17.0. The van der Waals surface area contributed by atoms with Crippen molar-refractivity contribution < 1.29 is 0 Å². The minimum atomic E-state index is 0.188. The number of aryl methyl sites for hydroxylation is 2. The first kappa shape index (κ1) is 20.2.